The summed E-state index contributed by atoms with van der Waals surface area (Å²) in [6.07, 6.45) is 3.58. The van der Waals surface area contributed by atoms with Crippen LogP contribution < -0.4 is 0 Å². The molecule has 1 aliphatic rings. The summed E-state index contributed by atoms with van der Waals surface area (Å²) in [5.41, 5.74) is 0. The maximum absolute atomic E-state index is 5.48. The van der Waals surface area contributed by atoms with Gasteiger partial charge in [0.25, 0.3) is 0 Å². The molecular formula is C9H16O. The summed E-state index contributed by atoms with van der Waals surface area (Å²) in [6.45, 7) is 9.12. The zero-order chi connectivity index (χ0) is 7.56. The van der Waals surface area contributed by atoms with Crippen molar-refractivity contribution in [3.05, 3.63) is 12.7 Å². The molecule has 0 aromatic heterocycles. The third-order valence-corrected chi connectivity index (χ3v) is 2.43. The van der Waals surface area contributed by atoms with Gasteiger partial charge in [-0.3, -0.25) is 0 Å². The molecule has 0 bridgehead atoms. The van der Waals surface area contributed by atoms with Crippen LogP contribution in [-0.2, 0) is 4.74 Å². The summed E-state index contributed by atoms with van der Waals surface area (Å²) in [5.74, 6) is 1.31. The molecular weight excluding hydrogens is 124 g/mol. The van der Waals surface area contributed by atoms with E-state index in [1.54, 1.807) is 0 Å². The Balaban J connectivity index is 2.53. The Labute approximate surface area is 63.1 Å². The van der Waals surface area contributed by atoms with Crippen molar-refractivity contribution in [3.63, 3.8) is 0 Å². The first-order chi connectivity index (χ1) is 4.75. The van der Waals surface area contributed by atoms with Crippen LogP contribution >= 0.6 is 0 Å². The van der Waals surface area contributed by atoms with Gasteiger partial charge in [0.1, 0.15) is 0 Å². The van der Waals surface area contributed by atoms with Crippen LogP contribution in [0.15, 0.2) is 12.7 Å². The van der Waals surface area contributed by atoms with Gasteiger partial charge in [0.05, 0.1) is 6.10 Å². The SMILES string of the molecule is C=CC1C(C)CCOC1C. The summed E-state index contributed by atoms with van der Waals surface area (Å²) < 4.78 is 5.48. The molecule has 0 spiro atoms. The second kappa shape index (κ2) is 3.20. The highest BCUT2D eigenvalue weighted by atomic mass is 16.5. The van der Waals surface area contributed by atoms with Gasteiger partial charge in [-0.15, -0.1) is 6.58 Å². The van der Waals surface area contributed by atoms with Crippen molar-refractivity contribution in [1.82, 2.24) is 0 Å². The third-order valence-electron chi connectivity index (χ3n) is 2.43. The normalized spacial score (nSPS) is 41.2. The van der Waals surface area contributed by atoms with Crippen molar-refractivity contribution in [2.45, 2.75) is 26.4 Å². The Morgan fingerprint density at radius 2 is 2.20 bits per heavy atom. The van der Waals surface area contributed by atoms with Crippen LogP contribution in [-0.4, -0.2) is 12.7 Å². The Morgan fingerprint density at radius 1 is 1.50 bits per heavy atom. The topological polar surface area (TPSA) is 9.23 Å². The molecule has 0 radical (unpaired) electrons. The lowest BCUT2D eigenvalue weighted by atomic mass is 9.85. The van der Waals surface area contributed by atoms with Gasteiger partial charge in [0.15, 0.2) is 0 Å². The maximum atomic E-state index is 5.48. The minimum absolute atomic E-state index is 0.376. The number of rotatable bonds is 1. The molecule has 0 N–H and O–H groups in total. The molecule has 3 atom stereocenters. The van der Waals surface area contributed by atoms with Gasteiger partial charge >= 0.3 is 0 Å². The Bertz CT molecular complexity index is 110. The minimum Gasteiger partial charge on any atom is -0.378 e. The Morgan fingerprint density at radius 3 is 2.60 bits per heavy atom. The van der Waals surface area contributed by atoms with Crippen molar-refractivity contribution >= 4 is 0 Å². The molecule has 0 aliphatic carbocycles. The summed E-state index contributed by atoms with van der Waals surface area (Å²) in [5, 5.41) is 0. The molecule has 0 amide bonds. The fraction of sp³-hybridized carbons (Fsp3) is 0.778. The molecule has 1 fully saturated rings. The number of ether oxygens (including phenoxy) is 1. The molecule has 3 unspecified atom stereocenters. The highest BCUT2D eigenvalue weighted by Crippen LogP contribution is 2.26. The summed E-state index contributed by atoms with van der Waals surface area (Å²) in [7, 11) is 0. The predicted octanol–water partition coefficient (Wildman–Crippen LogP) is 2.23. The molecule has 1 saturated heterocycles. The standard InChI is InChI=1S/C9H16O/c1-4-9-7(2)5-6-10-8(9)3/h4,7-9H,1,5-6H2,2-3H3. The Kier molecular flexibility index (Phi) is 2.50. The first-order valence-corrected chi connectivity index (χ1v) is 4.00. The number of hydrogen-bond donors (Lipinski definition) is 0. The Hall–Kier alpha value is -0.300. The first-order valence-electron chi connectivity index (χ1n) is 4.00. The fourth-order valence-corrected chi connectivity index (χ4v) is 1.63. The molecule has 58 valence electrons. The summed E-state index contributed by atoms with van der Waals surface area (Å²) in [6, 6.07) is 0. The van der Waals surface area contributed by atoms with E-state index in [4.69, 9.17) is 4.74 Å². The quantitative estimate of drug-likeness (QED) is 0.507. The molecule has 1 rings (SSSR count). The van der Waals surface area contributed by atoms with Gasteiger partial charge in [0.2, 0.25) is 0 Å². The van der Waals surface area contributed by atoms with Crippen molar-refractivity contribution < 1.29 is 4.74 Å². The number of hydrogen-bond acceptors (Lipinski definition) is 1. The monoisotopic (exact) mass is 140 g/mol. The second-order valence-corrected chi connectivity index (χ2v) is 3.15. The van der Waals surface area contributed by atoms with Gasteiger partial charge in [0, 0.05) is 12.5 Å². The first kappa shape index (κ1) is 7.80. The lowest BCUT2D eigenvalue weighted by Crippen LogP contribution is -2.31. The predicted molar refractivity (Wildman–Crippen MR) is 42.9 cm³/mol. The van der Waals surface area contributed by atoms with Crippen molar-refractivity contribution in [3.8, 4) is 0 Å². The van der Waals surface area contributed by atoms with E-state index in [1.807, 2.05) is 6.08 Å². The molecule has 1 nitrogen and oxygen atoms in total. The van der Waals surface area contributed by atoms with Crippen molar-refractivity contribution in [2.24, 2.45) is 11.8 Å². The van der Waals surface area contributed by atoms with Gasteiger partial charge in [-0.1, -0.05) is 13.0 Å². The average molecular weight is 140 g/mol. The lowest BCUT2D eigenvalue weighted by Gasteiger charge is -2.32. The van der Waals surface area contributed by atoms with E-state index in [0.717, 1.165) is 12.5 Å². The molecule has 0 aromatic carbocycles. The molecule has 10 heavy (non-hydrogen) atoms. The van der Waals surface area contributed by atoms with E-state index in [9.17, 15) is 0 Å². The van der Waals surface area contributed by atoms with Gasteiger partial charge in [-0.25, -0.2) is 0 Å². The van der Waals surface area contributed by atoms with E-state index in [1.165, 1.54) is 6.42 Å². The van der Waals surface area contributed by atoms with Crippen LogP contribution in [0.2, 0.25) is 0 Å². The highest BCUT2D eigenvalue weighted by molar-refractivity contribution is 4.89. The maximum Gasteiger partial charge on any atom is 0.0612 e. The van der Waals surface area contributed by atoms with Crippen LogP contribution in [0.4, 0.5) is 0 Å². The van der Waals surface area contributed by atoms with Crippen molar-refractivity contribution in [2.75, 3.05) is 6.61 Å². The van der Waals surface area contributed by atoms with Crippen LogP contribution in [0, 0.1) is 11.8 Å². The lowest BCUT2D eigenvalue weighted by molar-refractivity contribution is -0.0238. The van der Waals surface area contributed by atoms with E-state index in [0.29, 0.717) is 12.0 Å². The van der Waals surface area contributed by atoms with Gasteiger partial charge in [-0.05, 0) is 19.3 Å². The van der Waals surface area contributed by atoms with Gasteiger partial charge < -0.3 is 4.74 Å². The average Bonchev–Trinajstić information content (AvgIpc) is 1.88. The second-order valence-electron chi connectivity index (χ2n) is 3.15. The summed E-state index contributed by atoms with van der Waals surface area (Å²) in [4.78, 5) is 0. The molecule has 1 heteroatoms. The zero-order valence-corrected chi connectivity index (χ0v) is 6.84. The fourth-order valence-electron chi connectivity index (χ4n) is 1.63. The highest BCUT2D eigenvalue weighted by Gasteiger charge is 2.25. The molecule has 0 saturated carbocycles. The molecule has 0 aromatic rings. The molecule has 1 heterocycles. The van der Waals surface area contributed by atoms with E-state index in [2.05, 4.69) is 20.4 Å². The van der Waals surface area contributed by atoms with E-state index in [-0.39, 0.29) is 0 Å². The van der Waals surface area contributed by atoms with Crippen LogP contribution in [0.3, 0.4) is 0 Å². The minimum atomic E-state index is 0.376. The van der Waals surface area contributed by atoms with E-state index >= 15 is 0 Å². The van der Waals surface area contributed by atoms with Crippen LogP contribution in [0.1, 0.15) is 20.3 Å². The van der Waals surface area contributed by atoms with Crippen LogP contribution in [0.25, 0.3) is 0 Å². The van der Waals surface area contributed by atoms with E-state index < -0.39 is 0 Å². The smallest absolute Gasteiger partial charge is 0.0612 e. The van der Waals surface area contributed by atoms with Gasteiger partial charge in [-0.2, -0.15) is 0 Å². The van der Waals surface area contributed by atoms with Crippen molar-refractivity contribution in [1.29, 1.82) is 0 Å². The zero-order valence-electron chi connectivity index (χ0n) is 6.84. The molecule has 1 aliphatic heterocycles. The largest absolute Gasteiger partial charge is 0.378 e. The third kappa shape index (κ3) is 1.40. The van der Waals surface area contributed by atoms with Crippen LogP contribution in [0.5, 0.6) is 0 Å². The summed E-state index contributed by atoms with van der Waals surface area (Å²) >= 11 is 0.